The van der Waals surface area contributed by atoms with Gasteiger partial charge in [0.1, 0.15) is 17.1 Å². The average molecular weight is 410 g/mol. The molecular formula is C24H24ClNO3. The van der Waals surface area contributed by atoms with Crippen LogP contribution >= 0.6 is 11.6 Å². The molecule has 4 rings (SSSR count). The fraction of sp³-hybridized carbons (Fsp3) is 0.292. The van der Waals surface area contributed by atoms with Crippen molar-refractivity contribution in [1.82, 2.24) is 5.32 Å². The molecule has 0 radical (unpaired) electrons. The Labute approximate surface area is 175 Å². The van der Waals surface area contributed by atoms with Crippen LogP contribution in [0.1, 0.15) is 42.2 Å². The molecule has 1 N–H and O–H groups in total. The summed E-state index contributed by atoms with van der Waals surface area (Å²) in [5.74, 6) is 1.66. The van der Waals surface area contributed by atoms with E-state index in [-0.39, 0.29) is 5.91 Å². The lowest BCUT2D eigenvalue weighted by molar-refractivity contribution is -0.116. The number of hydrogen-bond acceptors (Lipinski definition) is 3. The van der Waals surface area contributed by atoms with Crippen LogP contribution in [-0.2, 0) is 24.2 Å². The standard InChI is InChI=1S/C24H24ClNO3/c1-15(11-24(27)26-14-16-7-9-17(25)10-8-16)19-12-20-18-5-3-4-6-21(18)29-23(20)13-22(19)28-2/h7-13H,3-6,14H2,1-2H3,(H,26,27)/b15-11+. The van der Waals surface area contributed by atoms with Crippen molar-refractivity contribution in [2.24, 2.45) is 0 Å². The molecular weight excluding hydrogens is 386 g/mol. The molecule has 2 aromatic carbocycles. The van der Waals surface area contributed by atoms with Gasteiger partial charge in [-0.25, -0.2) is 0 Å². The lowest BCUT2D eigenvalue weighted by Gasteiger charge is -2.11. The second-order valence-corrected chi connectivity index (χ2v) is 7.87. The number of carbonyl (C=O) groups excluding carboxylic acids is 1. The Balaban J connectivity index is 1.58. The summed E-state index contributed by atoms with van der Waals surface area (Å²) in [5, 5.41) is 4.73. The number of allylic oxidation sites excluding steroid dienone is 1. The van der Waals surface area contributed by atoms with Crippen molar-refractivity contribution >= 4 is 34.1 Å². The van der Waals surface area contributed by atoms with Gasteiger partial charge in [0.15, 0.2) is 0 Å². The number of methoxy groups -OCH3 is 1. The molecule has 1 aromatic heterocycles. The topological polar surface area (TPSA) is 51.5 Å². The number of nitrogens with one attached hydrogen (secondary N) is 1. The van der Waals surface area contributed by atoms with Crippen molar-refractivity contribution in [2.45, 2.75) is 39.2 Å². The van der Waals surface area contributed by atoms with Gasteiger partial charge in [-0.3, -0.25) is 4.79 Å². The average Bonchev–Trinajstić information content (AvgIpc) is 3.09. The van der Waals surface area contributed by atoms with Gasteiger partial charge in [0.25, 0.3) is 0 Å². The molecule has 1 aliphatic rings. The maximum absolute atomic E-state index is 12.4. The summed E-state index contributed by atoms with van der Waals surface area (Å²) in [6.07, 6.45) is 6.00. The van der Waals surface area contributed by atoms with Gasteiger partial charge in [-0.2, -0.15) is 0 Å². The molecule has 5 heteroatoms. The highest BCUT2D eigenvalue weighted by Crippen LogP contribution is 2.37. The Bertz CT molecular complexity index is 1080. The van der Waals surface area contributed by atoms with Gasteiger partial charge in [-0.05, 0) is 55.5 Å². The SMILES string of the molecule is COc1cc2oc3c(c2cc1/C(C)=C/C(=O)NCc1ccc(Cl)cc1)CCCC3. The summed E-state index contributed by atoms with van der Waals surface area (Å²) in [6, 6.07) is 11.5. The lowest BCUT2D eigenvalue weighted by atomic mass is 9.94. The van der Waals surface area contributed by atoms with Crippen LogP contribution in [0, 0.1) is 0 Å². The Morgan fingerprint density at radius 1 is 1.21 bits per heavy atom. The van der Waals surface area contributed by atoms with Crippen molar-refractivity contribution in [2.75, 3.05) is 7.11 Å². The minimum Gasteiger partial charge on any atom is -0.496 e. The lowest BCUT2D eigenvalue weighted by Crippen LogP contribution is -2.20. The number of amides is 1. The van der Waals surface area contributed by atoms with Crippen molar-refractivity contribution in [3.8, 4) is 5.75 Å². The van der Waals surface area contributed by atoms with E-state index < -0.39 is 0 Å². The van der Waals surface area contributed by atoms with Gasteiger partial charge >= 0.3 is 0 Å². The number of aryl methyl sites for hydroxylation is 2. The van der Waals surface area contributed by atoms with Crippen LogP contribution < -0.4 is 10.1 Å². The first kappa shape index (κ1) is 19.6. The molecule has 0 spiro atoms. The van der Waals surface area contributed by atoms with Crippen LogP contribution in [0.3, 0.4) is 0 Å². The van der Waals surface area contributed by atoms with Gasteiger partial charge in [0.05, 0.1) is 7.11 Å². The predicted molar refractivity (Wildman–Crippen MR) is 116 cm³/mol. The highest BCUT2D eigenvalue weighted by Gasteiger charge is 2.20. The predicted octanol–water partition coefficient (Wildman–Crippen LogP) is 5.69. The molecule has 0 bridgehead atoms. The fourth-order valence-corrected chi connectivity index (χ4v) is 4.01. The number of rotatable bonds is 5. The highest BCUT2D eigenvalue weighted by atomic mass is 35.5. The number of furan rings is 1. The van der Waals surface area contributed by atoms with E-state index >= 15 is 0 Å². The van der Waals surface area contributed by atoms with Crippen LogP contribution in [-0.4, -0.2) is 13.0 Å². The molecule has 0 atom stereocenters. The van der Waals surface area contributed by atoms with E-state index in [2.05, 4.69) is 11.4 Å². The quantitative estimate of drug-likeness (QED) is 0.550. The Kier molecular flexibility index (Phi) is 5.63. The molecule has 0 fully saturated rings. The van der Waals surface area contributed by atoms with E-state index in [1.807, 2.05) is 37.3 Å². The molecule has 0 saturated heterocycles. The summed E-state index contributed by atoms with van der Waals surface area (Å²) in [4.78, 5) is 12.4. The third kappa shape index (κ3) is 4.18. The zero-order valence-corrected chi connectivity index (χ0v) is 17.4. The van der Waals surface area contributed by atoms with Crippen LogP contribution in [0.5, 0.6) is 5.75 Å². The second kappa shape index (κ2) is 8.34. The Hall–Kier alpha value is -2.72. The molecule has 1 aliphatic carbocycles. The van der Waals surface area contributed by atoms with Gasteiger partial charge in [-0.15, -0.1) is 0 Å². The number of carbonyl (C=O) groups is 1. The Morgan fingerprint density at radius 2 is 1.97 bits per heavy atom. The van der Waals surface area contributed by atoms with Crippen LogP contribution in [0.4, 0.5) is 0 Å². The van der Waals surface area contributed by atoms with E-state index in [1.54, 1.807) is 13.2 Å². The molecule has 0 aliphatic heterocycles. The summed E-state index contributed by atoms with van der Waals surface area (Å²) in [5.41, 5.74) is 4.92. The molecule has 1 amide bonds. The summed E-state index contributed by atoms with van der Waals surface area (Å²) in [6.45, 7) is 2.38. The number of ether oxygens (including phenoxy) is 1. The Morgan fingerprint density at radius 3 is 2.72 bits per heavy atom. The first-order valence-corrected chi connectivity index (χ1v) is 10.3. The van der Waals surface area contributed by atoms with E-state index in [0.29, 0.717) is 17.3 Å². The molecule has 29 heavy (non-hydrogen) atoms. The van der Waals surface area contributed by atoms with Gasteiger partial charge in [0.2, 0.25) is 5.91 Å². The van der Waals surface area contributed by atoms with Gasteiger partial charge in [-0.1, -0.05) is 23.7 Å². The summed E-state index contributed by atoms with van der Waals surface area (Å²) < 4.78 is 11.6. The normalized spacial score (nSPS) is 14.0. The molecule has 0 saturated carbocycles. The third-order valence-electron chi connectivity index (χ3n) is 5.43. The number of halogens is 1. The third-order valence-corrected chi connectivity index (χ3v) is 5.68. The fourth-order valence-electron chi connectivity index (χ4n) is 3.88. The molecule has 0 unspecified atom stereocenters. The van der Waals surface area contributed by atoms with Crippen molar-refractivity contribution in [1.29, 1.82) is 0 Å². The summed E-state index contributed by atoms with van der Waals surface area (Å²) in [7, 11) is 1.64. The maximum Gasteiger partial charge on any atom is 0.244 e. The first-order valence-electron chi connectivity index (χ1n) is 9.88. The van der Waals surface area contributed by atoms with E-state index in [9.17, 15) is 4.79 Å². The van der Waals surface area contributed by atoms with Gasteiger partial charge < -0.3 is 14.5 Å². The zero-order valence-electron chi connectivity index (χ0n) is 16.7. The molecule has 1 heterocycles. The van der Waals surface area contributed by atoms with Crippen molar-refractivity contribution in [3.63, 3.8) is 0 Å². The number of fused-ring (bicyclic) bond motifs is 3. The first-order chi connectivity index (χ1) is 14.0. The van der Waals surface area contributed by atoms with Gasteiger partial charge in [0, 0.05) is 46.6 Å². The van der Waals surface area contributed by atoms with Crippen molar-refractivity contribution < 1.29 is 13.9 Å². The van der Waals surface area contributed by atoms with Crippen LogP contribution in [0.25, 0.3) is 16.5 Å². The van der Waals surface area contributed by atoms with E-state index in [1.165, 1.54) is 18.4 Å². The monoisotopic (exact) mass is 409 g/mol. The van der Waals surface area contributed by atoms with E-state index in [0.717, 1.165) is 46.3 Å². The second-order valence-electron chi connectivity index (χ2n) is 7.43. The molecule has 4 nitrogen and oxygen atoms in total. The minimum absolute atomic E-state index is 0.145. The highest BCUT2D eigenvalue weighted by molar-refractivity contribution is 6.30. The molecule has 3 aromatic rings. The number of benzene rings is 2. The molecule has 150 valence electrons. The van der Waals surface area contributed by atoms with Crippen LogP contribution in [0.2, 0.25) is 5.02 Å². The minimum atomic E-state index is -0.145. The largest absolute Gasteiger partial charge is 0.496 e. The summed E-state index contributed by atoms with van der Waals surface area (Å²) >= 11 is 5.90. The maximum atomic E-state index is 12.4. The van der Waals surface area contributed by atoms with Crippen LogP contribution in [0.15, 0.2) is 46.9 Å². The van der Waals surface area contributed by atoms with E-state index in [4.69, 9.17) is 20.8 Å². The zero-order chi connectivity index (χ0) is 20.4. The van der Waals surface area contributed by atoms with Crippen molar-refractivity contribution in [3.05, 3.63) is 69.9 Å². The number of hydrogen-bond donors (Lipinski definition) is 1. The smallest absolute Gasteiger partial charge is 0.244 e.